The topological polar surface area (TPSA) is 306 Å². The summed E-state index contributed by atoms with van der Waals surface area (Å²) in [4.78, 5) is 21.5. The molecule has 0 spiro atoms. The number of hydrogen-bond donors (Lipinski definition) is 6. The fourth-order valence-electron chi connectivity index (χ4n) is 4.88. The van der Waals surface area contributed by atoms with Crippen LogP contribution in [0.5, 0.6) is 0 Å². The van der Waals surface area contributed by atoms with Crippen molar-refractivity contribution in [2.75, 3.05) is 11.1 Å². The Labute approximate surface area is 294 Å². The van der Waals surface area contributed by atoms with Crippen LogP contribution in [0.25, 0.3) is 27.7 Å². The van der Waals surface area contributed by atoms with Gasteiger partial charge in [-0.3, -0.25) is 13.7 Å². The molecule has 0 saturated carbocycles. The smallest absolute Gasteiger partial charge is 0.444 e. The van der Waals surface area contributed by atoms with Crippen LogP contribution in [0, 0.1) is 0 Å². The number of carboxylic acid groups (broad SMARTS) is 1. The number of rotatable bonds is 11. The van der Waals surface area contributed by atoms with E-state index < -0.39 is 51.0 Å². The van der Waals surface area contributed by atoms with Gasteiger partial charge >= 0.3 is 23.8 Å². The zero-order chi connectivity index (χ0) is 38.2. The van der Waals surface area contributed by atoms with Crippen LogP contribution in [0.2, 0.25) is 0 Å². The Bertz CT molecular complexity index is 2720. The second-order valence-electron chi connectivity index (χ2n) is 10.5. The minimum Gasteiger partial charge on any atom is -0.478 e. The first-order valence-corrected chi connectivity index (χ1v) is 18.5. The van der Waals surface area contributed by atoms with Crippen molar-refractivity contribution in [3.63, 3.8) is 0 Å². The summed E-state index contributed by atoms with van der Waals surface area (Å²) in [7, 11) is -14.8. The fourth-order valence-corrected chi connectivity index (χ4v) is 6.78. The maximum Gasteiger partial charge on any atom is 0.444 e. The fraction of sp³-hybridized carbons (Fsp3) is 0.0333. The molecule has 0 unspecified atom stereocenters. The number of pyridine rings is 1. The average molecular weight is 770 g/mol. The van der Waals surface area contributed by atoms with Gasteiger partial charge in [0.25, 0.3) is 30.4 Å². The molecule has 0 aliphatic heterocycles. The second kappa shape index (κ2) is 13.9. The summed E-state index contributed by atoms with van der Waals surface area (Å²) in [6, 6.07) is 10.7. The zero-order valence-corrected chi connectivity index (χ0v) is 28.8. The summed E-state index contributed by atoms with van der Waals surface area (Å²) in [5, 5.41) is 19.7. The molecular weight excluding hydrogens is 745 g/mol. The number of nitrogens with one attached hydrogen (secondary N) is 1. The third-order valence-corrected chi connectivity index (χ3v) is 9.68. The first-order chi connectivity index (χ1) is 24.3. The van der Waals surface area contributed by atoms with E-state index in [1.54, 1.807) is 6.92 Å². The van der Waals surface area contributed by atoms with Gasteiger partial charge in [-0.05, 0) is 59.4 Å². The van der Waals surface area contributed by atoms with Crippen LogP contribution in [-0.4, -0.2) is 64.9 Å². The average Bonchev–Trinajstić information content (AvgIpc) is 3.05. The van der Waals surface area contributed by atoms with Crippen LogP contribution < -0.4 is 15.6 Å². The Morgan fingerprint density at radius 3 is 2.25 bits per heavy atom. The van der Waals surface area contributed by atoms with Gasteiger partial charge in [-0.25, -0.2) is 9.36 Å². The SMILES string of the molecule is C=C(c1c(Nc2nc(N)nc(-[n+]3cccc(C(=O)O)c3)n2)ccc(N=Nc2cc(S(=O)(=O)O)c3cccc(S(=O)(=O)O)c3c2)c1/C=C\C)S(=O)(=O)O. The van der Waals surface area contributed by atoms with Gasteiger partial charge in [-0.15, -0.1) is 10.1 Å². The van der Waals surface area contributed by atoms with Crippen LogP contribution in [0.1, 0.15) is 28.4 Å². The number of allylic oxidation sites excluding steroid dienone is 1. The van der Waals surface area contributed by atoms with E-state index in [0.29, 0.717) is 0 Å². The van der Waals surface area contributed by atoms with E-state index in [1.807, 2.05) is 0 Å². The van der Waals surface area contributed by atoms with Crippen LogP contribution in [-0.2, 0) is 30.4 Å². The Balaban J connectivity index is 1.68. The first-order valence-electron chi connectivity index (χ1n) is 14.2. The van der Waals surface area contributed by atoms with Gasteiger partial charge in [0.2, 0.25) is 0 Å². The van der Waals surface area contributed by atoms with Gasteiger partial charge in [-0.1, -0.05) is 30.9 Å². The van der Waals surface area contributed by atoms with Crippen molar-refractivity contribution in [3.8, 4) is 5.95 Å². The van der Waals surface area contributed by atoms with Crippen molar-refractivity contribution in [2.45, 2.75) is 16.7 Å². The molecule has 7 N–H and O–H groups in total. The minimum absolute atomic E-state index is 0.0147. The molecule has 0 saturated heterocycles. The van der Waals surface area contributed by atoms with E-state index in [0.717, 1.165) is 24.3 Å². The number of nitrogens with zero attached hydrogens (tertiary/aromatic N) is 6. The number of fused-ring (bicyclic) bond motifs is 1. The van der Waals surface area contributed by atoms with Gasteiger partial charge in [0.1, 0.15) is 9.79 Å². The molecule has 0 aliphatic carbocycles. The number of carbonyl (C=O) groups is 1. The maximum atomic E-state index is 12.4. The summed E-state index contributed by atoms with van der Waals surface area (Å²) in [5.41, 5.74) is 5.06. The molecule has 52 heavy (non-hydrogen) atoms. The quantitative estimate of drug-likeness (QED) is 0.0625. The number of carboxylic acids is 1. The van der Waals surface area contributed by atoms with Crippen molar-refractivity contribution in [3.05, 3.63) is 96.3 Å². The van der Waals surface area contributed by atoms with Crippen molar-refractivity contribution in [1.82, 2.24) is 15.0 Å². The monoisotopic (exact) mass is 769 g/mol. The lowest BCUT2D eigenvalue weighted by Gasteiger charge is -2.15. The van der Waals surface area contributed by atoms with E-state index in [2.05, 4.69) is 37.1 Å². The van der Waals surface area contributed by atoms with Gasteiger partial charge in [0, 0.05) is 21.9 Å². The largest absolute Gasteiger partial charge is 0.478 e. The lowest BCUT2D eigenvalue weighted by Crippen LogP contribution is -2.34. The molecular formula is C30H25N8O11S3+. The normalized spacial score (nSPS) is 12.5. The molecule has 2 aromatic heterocycles. The molecule has 3 aromatic carbocycles. The lowest BCUT2D eigenvalue weighted by molar-refractivity contribution is -0.603. The second-order valence-corrected chi connectivity index (χ2v) is 14.7. The lowest BCUT2D eigenvalue weighted by atomic mass is 10.0. The number of hydrogen-bond acceptors (Lipinski definition) is 14. The van der Waals surface area contributed by atoms with E-state index in [-0.39, 0.29) is 62.4 Å². The highest BCUT2D eigenvalue weighted by Gasteiger charge is 2.26. The Kier molecular flexibility index (Phi) is 9.97. The standard InChI is InChI=1S/C30H24N8O11S3/c1-3-6-20-22(37-36-18-13-21-19(25(14-18)52(47,48)49)8-4-9-24(21)51(44,45)46)10-11-23(26(20)16(2)50(41,42)43)32-29-33-28(31)34-30(35-29)38-12-5-7-17(15-38)27(39)40/h3-15H,2H2,1H3,(H6-,31,32,33,34,35,36,39,40,41,42,43,44,45,46,47,48,49)/p+1/b6-3-. The molecule has 5 aromatic rings. The van der Waals surface area contributed by atoms with Crippen LogP contribution in [0.3, 0.4) is 0 Å². The number of azo groups is 1. The third kappa shape index (κ3) is 7.96. The summed E-state index contributed by atoms with van der Waals surface area (Å²) < 4.78 is 104. The van der Waals surface area contributed by atoms with Gasteiger partial charge in [0.05, 0.1) is 39.9 Å². The van der Waals surface area contributed by atoms with Crippen molar-refractivity contribution in [2.24, 2.45) is 10.2 Å². The number of aromatic nitrogens is 4. The zero-order valence-electron chi connectivity index (χ0n) is 26.3. The Morgan fingerprint density at radius 1 is 0.904 bits per heavy atom. The highest BCUT2D eigenvalue weighted by Crippen LogP contribution is 2.39. The number of benzene rings is 3. The molecule has 0 bridgehead atoms. The summed E-state index contributed by atoms with van der Waals surface area (Å²) >= 11 is 0. The van der Waals surface area contributed by atoms with E-state index in [1.165, 1.54) is 59.4 Å². The van der Waals surface area contributed by atoms with E-state index >= 15 is 0 Å². The number of nitrogens with two attached hydrogens (primary N) is 1. The maximum absolute atomic E-state index is 12.4. The summed E-state index contributed by atoms with van der Waals surface area (Å²) in [6.07, 6.45) is 5.52. The van der Waals surface area contributed by atoms with Gasteiger partial charge in [-0.2, -0.15) is 30.4 Å². The van der Waals surface area contributed by atoms with Crippen LogP contribution in [0.15, 0.2) is 99.7 Å². The molecule has 0 radical (unpaired) electrons. The van der Waals surface area contributed by atoms with Crippen LogP contribution >= 0.6 is 0 Å². The van der Waals surface area contributed by atoms with Crippen molar-refractivity contribution in [1.29, 1.82) is 0 Å². The Hall–Kier alpha value is -6.04. The number of anilines is 3. The van der Waals surface area contributed by atoms with Crippen molar-refractivity contribution >= 4 is 87.0 Å². The molecule has 0 aliphatic rings. The molecule has 2 heterocycles. The summed E-state index contributed by atoms with van der Waals surface area (Å²) in [6.45, 7) is 5.09. The molecule has 0 fully saturated rings. The molecule has 0 atom stereocenters. The Morgan fingerprint density at radius 2 is 1.62 bits per heavy atom. The van der Waals surface area contributed by atoms with Crippen molar-refractivity contribution < 1.29 is 53.4 Å². The third-order valence-electron chi connectivity index (χ3n) is 7.04. The number of aromatic carboxylic acids is 1. The predicted octanol–water partition coefficient (Wildman–Crippen LogP) is 4.13. The van der Waals surface area contributed by atoms with Gasteiger partial charge in [0.15, 0.2) is 0 Å². The van der Waals surface area contributed by atoms with Gasteiger partial charge < -0.3 is 16.2 Å². The molecule has 5 rings (SSSR count). The predicted molar refractivity (Wildman–Crippen MR) is 185 cm³/mol. The van der Waals surface area contributed by atoms with Crippen LogP contribution in [0.4, 0.5) is 29.0 Å². The molecule has 19 nitrogen and oxygen atoms in total. The van der Waals surface area contributed by atoms with E-state index in [4.69, 9.17) is 5.73 Å². The minimum atomic E-state index is -4.99. The first kappa shape index (κ1) is 37.2. The molecule has 0 amide bonds. The highest BCUT2D eigenvalue weighted by molar-refractivity contribution is 7.95. The van der Waals surface area contributed by atoms with E-state index in [9.17, 15) is 48.8 Å². The summed E-state index contributed by atoms with van der Waals surface area (Å²) in [5.74, 6) is -1.90. The highest BCUT2D eigenvalue weighted by atomic mass is 32.2. The number of nitrogen functional groups attached to an aromatic ring is 1. The molecule has 22 heteroatoms. The molecule has 268 valence electrons.